The van der Waals surface area contributed by atoms with E-state index in [4.69, 9.17) is 16.0 Å². The molecule has 0 saturated carbocycles. The van der Waals surface area contributed by atoms with Gasteiger partial charge in [-0.2, -0.15) is 14.9 Å². The highest BCUT2D eigenvalue weighted by Gasteiger charge is 2.23. The van der Waals surface area contributed by atoms with Crippen molar-refractivity contribution in [2.24, 2.45) is 0 Å². The number of aryl methyl sites for hydroxylation is 1. The fourth-order valence-electron chi connectivity index (χ4n) is 3.38. The van der Waals surface area contributed by atoms with Crippen LogP contribution in [-0.2, 0) is 0 Å². The first-order valence-corrected chi connectivity index (χ1v) is 9.07. The Morgan fingerprint density at radius 3 is 2.80 bits per heavy atom. The third-order valence-electron chi connectivity index (χ3n) is 4.65. The van der Waals surface area contributed by atoms with Crippen LogP contribution in [0.5, 0.6) is 0 Å². The predicted molar refractivity (Wildman–Crippen MR) is 105 cm³/mol. The molecule has 4 aromatic heterocycles. The molecule has 5 aromatic rings. The monoisotopic (exact) mass is 428 g/mol. The number of rotatable bonds is 3. The lowest BCUT2D eigenvalue weighted by molar-refractivity contribution is 0.145. The normalized spacial score (nSPS) is 11.8. The molecule has 0 N–H and O–H groups in total. The van der Waals surface area contributed by atoms with Crippen LogP contribution in [-0.4, -0.2) is 29.5 Å². The number of aromatic nitrogens is 6. The highest BCUT2D eigenvalue weighted by molar-refractivity contribution is 6.32. The van der Waals surface area contributed by atoms with E-state index in [0.717, 1.165) is 12.0 Å². The molecule has 0 fully saturated rings. The highest BCUT2D eigenvalue weighted by Crippen LogP contribution is 2.30. The van der Waals surface area contributed by atoms with E-state index in [1.54, 1.807) is 25.1 Å². The van der Waals surface area contributed by atoms with Crippen molar-refractivity contribution < 1.29 is 13.2 Å². The van der Waals surface area contributed by atoms with E-state index in [1.807, 2.05) is 0 Å². The minimum atomic E-state index is -2.83. The number of benzene rings is 1. The first-order valence-electron chi connectivity index (χ1n) is 8.70. The minimum absolute atomic E-state index is 0.134. The van der Waals surface area contributed by atoms with Crippen LogP contribution in [0.1, 0.15) is 17.7 Å². The molecule has 0 aliphatic rings. The van der Waals surface area contributed by atoms with Crippen LogP contribution in [0.2, 0.25) is 5.02 Å². The Labute approximate surface area is 171 Å². The van der Waals surface area contributed by atoms with Gasteiger partial charge in [0.15, 0.2) is 18.0 Å². The smallest absolute Gasteiger partial charge is 0.348 e. The van der Waals surface area contributed by atoms with Crippen molar-refractivity contribution in [1.29, 1.82) is 0 Å². The summed E-state index contributed by atoms with van der Waals surface area (Å²) >= 11 is 6.22. The molecule has 4 heterocycles. The summed E-state index contributed by atoms with van der Waals surface area (Å²) in [5.74, 6) is 0.278. The zero-order valence-electron chi connectivity index (χ0n) is 15.3. The molecule has 8 nitrogen and oxygen atoms in total. The molecule has 0 aliphatic heterocycles. The average Bonchev–Trinajstić information content (AvgIpc) is 3.33. The van der Waals surface area contributed by atoms with E-state index in [1.165, 1.54) is 27.8 Å². The number of pyridine rings is 1. The number of fused-ring (bicyclic) bond motifs is 3. The fourth-order valence-corrected chi connectivity index (χ4v) is 3.58. The molecule has 11 heteroatoms. The van der Waals surface area contributed by atoms with Gasteiger partial charge in [-0.1, -0.05) is 11.6 Å². The van der Waals surface area contributed by atoms with Crippen molar-refractivity contribution in [2.45, 2.75) is 13.3 Å². The summed E-state index contributed by atoms with van der Waals surface area (Å²) in [4.78, 5) is 20.8. The Morgan fingerprint density at radius 1 is 1.20 bits per heavy atom. The topological polar surface area (TPSA) is 91.6 Å². The van der Waals surface area contributed by atoms with Crippen LogP contribution in [0.3, 0.4) is 0 Å². The molecule has 30 heavy (non-hydrogen) atoms. The first-order chi connectivity index (χ1) is 14.5. The number of hydrogen-bond acceptors (Lipinski definition) is 6. The largest absolute Gasteiger partial charge is 0.411 e. The van der Waals surface area contributed by atoms with Gasteiger partial charge in [0.1, 0.15) is 11.1 Å². The first kappa shape index (κ1) is 18.4. The van der Waals surface area contributed by atoms with Gasteiger partial charge in [-0.25, -0.2) is 28.2 Å². The second-order valence-corrected chi connectivity index (χ2v) is 6.91. The number of nitrogens with zero attached hydrogens (tertiary/aromatic N) is 6. The van der Waals surface area contributed by atoms with Crippen LogP contribution >= 0.6 is 11.6 Å². The quantitative estimate of drug-likeness (QED) is 0.431. The highest BCUT2D eigenvalue weighted by atomic mass is 35.5. The maximum absolute atomic E-state index is 13.5. The Balaban J connectivity index is 1.90. The molecule has 1 aromatic carbocycles. The van der Waals surface area contributed by atoms with Crippen LogP contribution in [0.25, 0.3) is 33.4 Å². The van der Waals surface area contributed by atoms with Gasteiger partial charge in [-0.15, -0.1) is 0 Å². The lowest BCUT2D eigenvalue weighted by Crippen LogP contribution is -2.10. The summed E-state index contributed by atoms with van der Waals surface area (Å²) in [7, 11) is 0. The Kier molecular flexibility index (Phi) is 4.10. The molecule has 0 saturated heterocycles. The molecular formula is C19H11ClF2N6O2. The summed E-state index contributed by atoms with van der Waals surface area (Å²) in [6, 6.07) is 6.15. The van der Waals surface area contributed by atoms with E-state index >= 15 is 0 Å². The lowest BCUT2D eigenvalue weighted by Gasteiger charge is -2.10. The molecule has 5 rings (SSSR count). The Bertz CT molecular complexity index is 1490. The second-order valence-electron chi connectivity index (χ2n) is 6.50. The van der Waals surface area contributed by atoms with Crippen LogP contribution < -0.4 is 5.63 Å². The Hall–Kier alpha value is -3.66. The van der Waals surface area contributed by atoms with Gasteiger partial charge < -0.3 is 4.42 Å². The predicted octanol–water partition coefficient (Wildman–Crippen LogP) is 4.01. The minimum Gasteiger partial charge on any atom is -0.411 e. The maximum atomic E-state index is 13.5. The van der Waals surface area contributed by atoms with E-state index in [2.05, 4.69) is 20.2 Å². The molecule has 0 radical (unpaired) electrons. The maximum Gasteiger partial charge on any atom is 0.348 e. The van der Waals surface area contributed by atoms with Gasteiger partial charge in [0, 0.05) is 17.6 Å². The number of hydrogen-bond donors (Lipinski definition) is 0. The lowest BCUT2D eigenvalue weighted by atomic mass is 10.1. The molecule has 0 amide bonds. The van der Waals surface area contributed by atoms with Crippen molar-refractivity contribution in [2.75, 3.05) is 0 Å². The zero-order valence-corrected chi connectivity index (χ0v) is 16.0. The number of alkyl halides is 2. The molecule has 0 bridgehead atoms. The number of halogens is 3. The molecule has 0 spiro atoms. The van der Waals surface area contributed by atoms with Crippen molar-refractivity contribution >= 4 is 33.4 Å². The summed E-state index contributed by atoms with van der Waals surface area (Å²) in [5.41, 5.74) is 0.422. The standard InChI is InChI=1S/C19H11ClF2N6O2/c1-9-5-10-7-25-27(16(10)14-15(9)24-8-30-19(14)29)13-6-12(17(21)22)26-28(13)18-11(20)3-2-4-23-18/h2-8,17H,1H3. The van der Waals surface area contributed by atoms with E-state index in [-0.39, 0.29) is 22.0 Å². The summed E-state index contributed by atoms with van der Waals surface area (Å²) < 4.78 is 34.4. The molecule has 0 aliphatic carbocycles. The molecular weight excluding hydrogens is 418 g/mol. The molecule has 0 atom stereocenters. The summed E-state index contributed by atoms with van der Waals surface area (Å²) in [6.45, 7) is 1.80. The van der Waals surface area contributed by atoms with Gasteiger partial charge >= 0.3 is 5.63 Å². The Morgan fingerprint density at radius 2 is 2.03 bits per heavy atom. The SMILES string of the molecule is Cc1cc2cnn(-c3cc(C(F)F)nn3-c3ncccc3Cl)c2c2c(=O)ocnc12. The average molecular weight is 429 g/mol. The third kappa shape index (κ3) is 2.68. The molecule has 150 valence electrons. The van der Waals surface area contributed by atoms with Crippen molar-refractivity contribution in [3.8, 4) is 11.6 Å². The van der Waals surface area contributed by atoms with Gasteiger partial charge in [0.2, 0.25) is 0 Å². The van der Waals surface area contributed by atoms with Crippen LogP contribution in [0, 0.1) is 6.92 Å². The van der Waals surface area contributed by atoms with Gasteiger partial charge in [-0.05, 0) is 30.7 Å². The summed E-state index contributed by atoms with van der Waals surface area (Å²) in [5, 5.41) is 9.29. The van der Waals surface area contributed by atoms with E-state index < -0.39 is 17.7 Å². The second kappa shape index (κ2) is 6.70. The summed E-state index contributed by atoms with van der Waals surface area (Å²) in [6.07, 6.45) is 1.22. The van der Waals surface area contributed by atoms with Crippen LogP contribution in [0.15, 0.2) is 52.3 Å². The zero-order chi connectivity index (χ0) is 21.0. The van der Waals surface area contributed by atoms with E-state index in [0.29, 0.717) is 16.4 Å². The van der Waals surface area contributed by atoms with Crippen molar-refractivity contribution in [1.82, 2.24) is 29.5 Å². The van der Waals surface area contributed by atoms with Crippen molar-refractivity contribution in [3.63, 3.8) is 0 Å². The molecule has 0 unspecified atom stereocenters. The van der Waals surface area contributed by atoms with E-state index in [9.17, 15) is 13.6 Å². The van der Waals surface area contributed by atoms with Crippen LogP contribution in [0.4, 0.5) is 8.78 Å². The van der Waals surface area contributed by atoms with Gasteiger partial charge in [-0.3, -0.25) is 0 Å². The third-order valence-corrected chi connectivity index (χ3v) is 4.95. The van der Waals surface area contributed by atoms with Gasteiger partial charge in [0.25, 0.3) is 6.43 Å². The fraction of sp³-hybridized carbons (Fsp3) is 0.105. The van der Waals surface area contributed by atoms with Crippen molar-refractivity contribution in [3.05, 3.63) is 69.8 Å². The van der Waals surface area contributed by atoms with Gasteiger partial charge in [0.05, 0.1) is 22.3 Å².